The van der Waals surface area contributed by atoms with Gasteiger partial charge in [0.05, 0.1) is 12.1 Å². The summed E-state index contributed by atoms with van der Waals surface area (Å²) in [5, 5.41) is 9.13. The quantitative estimate of drug-likeness (QED) is 0.647. The van der Waals surface area contributed by atoms with E-state index in [1.807, 2.05) is 18.5 Å². The van der Waals surface area contributed by atoms with Crippen LogP contribution in [0.1, 0.15) is 38.2 Å². The topological polar surface area (TPSA) is 71.8 Å². The Morgan fingerprint density at radius 1 is 1.46 bits per heavy atom. The third kappa shape index (κ3) is 5.96. The van der Waals surface area contributed by atoms with Crippen molar-refractivity contribution in [1.82, 2.24) is 19.9 Å². The van der Waals surface area contributed by atoms with Gasteiger partial charge in [-0.1, -0.05) is 20.3 Å². The van der Waals surface area contributed by atoms with E-state index in [4.69, 9.17) is 0 Å². The van der Waals surface area contributed by atoms with Crippen molar-refractivity contribution in [3.05, 3.63) is 29.3 Å². The molecular formula is C17H27N5OS. The molecular weight excluding hydrogens is 322 g/mol. The van der Waals surface area contributed by atoms with E-state index in [9.17, 15) is 4.79 Å². The Hall–Kier alpha value is -1.89. The number of rotatable bonds is 10. The van der Waals surface area contributed by atoms with Crippen molar-refractivity contribution in [2.45, 2.75) is 46.6 Å². The van der Waals surface area contributed by atoms with Gasteiger partial charge in [-0.15, -0.1) is 11.3 Å². The minimum atomic E-state index is 0.0228. The van der Waals surface area contributed by atoms with E-state index < -0.39 is 0 Å². The smallest absolute Gasteiger partial charge is 0.226 e. The maximum Gasteiger partial charge on any atom is 0.226 e. The predicted octanol–water partition coefficient (Wildman–Crippen LogP) is 2.86. The summed E-state index contributed by atoms with van der Waals surface area (Å²) >= 11 is 1.56. The summed E-state index contributed by atoms with van der Waals surface area (Å²) in [6.45, 7) is 8.71. The first kappa shape index (κ1) is 18.4. The van der Waals surface area contributed by atoms with Gasteiger partial charge < -0.3 is 15.2 Å². The highest BCUT2D eigenvalue weighted by Crippen LogP contribution is 2.15. The van der Waals surface area contributed by atoms with Crippen LogP contribution in [-0.4, -0.2) is 33.5 Å². The molecule has 1 unspecified atom stereocenters. The molecule has 0 radical (unpaired) electrons. The lowest BCUT2D eigenvalue weighted by molar-refractivity contribution is -0.120. The number of nitrogens with one attached hydrogen (secondary N) is 2. The van der Waals surface area contributed by atoms with Crippen LogP contribution in [0.15, 0.2) is 17.8 Å². The van der Waals surface area contributed by atoms with E-state index in [0.717, 1.165) is 42.6 Å². The van der Waals surface area contributed by atoms with Crippen LogP contribution in [0.2, 0.25) is 0 Å². The van der Waals surface area contributed by atoms with Gasteiger partial charge in [-0.2, -0.15) is 0 Å². The van der Waals surface area contributed by atoms with Gasteiger partial charge in [-0.3, -0.25) is 4.79 Å². The maximum atomic E-state index is 12.1. The van der Waals surface area contributed by atoms with Crippen LogP contribution in [0.3, 0.4) is 0 Å². The molecule has 0 fully saturated rings. The predicted molar refractivity (Wildman–Crippen MR) is 98.4 cm³/mol. The number of amides is 1. The zero-order valence-electron chi connectivity index (χ0n) is 14.7. The minimum Gasteiger partial charge on any atom is -0.362 e. The first-order chi connectivity index (χ1) is 11.6. The van der Waals surface area contributed by atoms with Gasteiger partial charge >= 0.3 is 0 Å². The van der Waals surface area contributed by atoms with E-state index >= 15 is 0 Å². The second-order valence-corrected chi connectivity index (χ2v) is 7.00. The molecule has 2 rings (SSSR count). The fourth-order valence-electron chi connectivity index (χ4n) is 2.35. The lowest BCUT2D eigenvalue weighted by atomic mass is 10.1. The molecule has 6 nitrogen and oxygen atoms in total. The summed E-state index contributed by atoms with van der Waals surface area (Å²) < 4.78 is 2.10. The van der Waals surface area contributed by atoms with Crippen molar-refractivity contribution in [3.63, 3.8) is 0 Å². The molecule has 0 saturated carbocycles. The standard InChI is InChI=1S/C17H27N5OS/c1-4-5-6-19-17-21-15(12-24-17)9-16(23)20-10-13(2)11-22-8-7-18-14(22)3/h7-8,12-13H,4-6,9-11H2,1-3H3,(H,19,21)(H,20,23). The van der Waals surface area contributed by atoms with Gasteiger partial charge in [-0.25, -0.2) is 9.97 Å². The first-order valence-corrected chi connectivity index (χ1v) is 9.39. The van der Waals surface area contributed by atoms with E-state index in [1.165, 1.54) is 0 Å². The Morgan fingerprint density at radius 3 is 3.00 bits per heavy atom. The molecule has 1 atom stereocenters. The van der Waals surface area contributed by atoms with Crippen molar-refractivity contribution in [1.29, 1.82) is 0 Å². The molecule has 0 bridgehead atoms. The summed E-state index contributed by atoms with van der Waals surface area (Å²) in [6.07, 6.45) is 6.39. The van der Waals surface area contributed by atoms with E-state index in [1.54, 1.807) is 17.5 Å². The molecule has 132 valence electrons. The van der Waals surface area contributed by atoms with Crippen LogP contribution < -0.4 is 10.6 Å². The van der Waals surface area contributed by atoms with Crippen molar-refractivity contribution >= 4 is 22.4 Å². The molecule has 2 aromatic heterocycles. The van der Waals surface area contributed by atoms with Gasteiger partial charge in [0, 0.05) is 37.4 Å². The number of aromatic nitrogens is 3. The van der Waals surface area contributed by atoms with Crippen molar-refractivity contribution in [3.8, 4) is 0 Å². The highest BCUT2D eigenvalue weighted by molar-refractivity contribution is 7.13. The maximum absolute atomic E-state index is 12.1. The average Bonchev–Trinajstić information content (AvgIpc) is 3.15. The SMILES string of the molecule is CCCCNc1nc(CC(=O)NCC(C)Cn2ccnc2C)cs1. The molecule has 0 saturated heterocycles. The molecule has 0 aliphatic rings. The highest BCUT2D eigenvalue weighted by atomic mass is 32.1. The van der Waals surface area contributed by atoms with Crippen LogP contribution in [0.25, 0.3) is 0 Å². The van der Waals surface area contributed by atoms with Crippen molar-refractivity contribution in [2.24, 2.45) is 5.92 Å². The summed E-state index contributed by atoms with van der Waals surface area (Å²) in [4.78, 5) is 20.7. The molecule has 24 heavy (non-hydrogen) atoms. The number of carbonyl (C=O) groups is 1. The Bertz CT molecular complexity index is 636. The molecule has 1 amide bonds. The van der Waals surface area contributed by atoms with Gasteiger partial charge in [0.25, 0.3) is 0 Å². The molecule has 2 aromatic rings. The number of imidazole rings is 1. The van der Waals surface area contributed by atoms with E-state index in [2.05, 4.69) is 39.0 Å². The summed E-state index contributed by atoms with van der Waals surface area (Å²) in [5.41, 5.74) is 0.828. The van der Waals surface area contributed by atoms with Crippen molar-refractivity contribution in [2.75, 3.05) is 18.4 Å². The van der Waals surface area contributed by atoms with Gasteiger partial charge in [0.15, 0.2) is 5.13 Å². The minimum absolute atomic E-state index is 0.0228. The Balaban J connectivity index is 1.70. The lowest BCUT2D eigenvalue weighted by Gasteiger charge is -2.14. The molecule has 0 aromatic carbocycles. The fraction of sp³-hybridized carbons (Fsp3) is 0.588. The monoisotopic (exact) mass is 349 g/mol. The number of aryl methyl sites for hydroxylation is 1. The average molecular weight is 350 g/mol. The third-order valence-electron chi connectivity index (χ3n) is 3.78. The second kappa shape index (κ2) is 9.42. The number of thiazole rings is 1. The van der Waals surface area contributed by atoms with E-state index in [-0.39, 0.29) is 5.91 Å². The van der Waals surface area contributed by atoms with Gasteiger partial charge in [0.2, 0.25) is 5.91 Å². The van der Waals surface area contributed by atoms with Crippen molar-refractivity contribution < 1.29 is 4.79 Å². The number of carbonyl (C=O) groups excluding carboxylic acids is 1. The van der Waals surface area contributed by atoms with E-state index in [0.29, 0.717) is 18.9 Å². The summed E-state index contributed by atoms with van der Waals surface area (Å²) in [5.74, 6) is 1.37. The van der Waals surface area contributed by atoms with Gasteiger partial charge in [-0.05, 0) is 19.3 Å². The third-order valence-corrected chi connectivity index (χ3v) is 4.63. The Labute approximate surface area is 147 Å². The van der Waals surface area contributed by atoms with Crippen LogP contribution in [0.5, 0.6) is 0 Å². The summed E-state index contributed by atoms with van der Waals surface area (Å²) in [6, 6.07) is 0. The summed E-state index contributed by atoms with van der Waals surface area (Å²) in [7, 11) is 0. The fourth-order valence-corrected chi connectivity index (χ4v) is 3.09. The number of nitrogens with zero attached hydrogens (tertiary/aromatic N) is 3. The normalized spacial score (nSPS) is 12.1. The number of hydrogen-bond acceptors (Lipinski definition) is 5. The zero-order chi connectivity index (χ0) is 17.4. The van der Waals surface area contributed by atoms with Gasteiger partial charge in [0.1, 0.15) is 5.82 Å². The number of hydrogen-bond donors (Lipinski definition) is 2. The number of anilines is 1. The molecule has 0 aliphatic carbocycles. The number of unbranched alkanes of at least 4 members (excludes halogenated alkanes) is 1. The highest BCUT2D eigenvalue weighted by Gasteiger charge is 2.10. The molecule has 2 N–H and O–H groups in total. The molecule has 0 aliphatic heterocycles. The Kier molecular flexibility index (Phi) is 7.24. The van der Waals surface area contributed by atoms with Crippen LogP contribution in [0.4, 0.5) is 5.13 Å². The van der Waals surface area contributed by atoms with Crippen LogP contribution >= 0.6 is 11.3 Å². The molecule has 2 heterocycles. The zero-order valence-corrected chi connectivity index (χ0v) is 15.5. The molecule has 7 heteroatoms. The largest absolute Gasteiger partial charge is 0.362 e. The Morgan fingerprint density at radius 2 is 2.29 bits per heavy atom. The first-order valence-electron chi connectivity index (χ1n) is 8.51. The van der Waals surface area contributed by atoms with Crippen LogP contribution in [-0.2, 0) is 17.8 Å². The van der Waals surface area contributed by atoms with Crippen LogP contribution in [0, 0.1) is 12.8 Å². The second-order valence-electron chi connectivity index (χ2n) is 6.14. The molecule has 0 spiro atoms. The lowest BCUT2D eigenvalue weighted by Crippen LogP contribution is -2.31.